The van der Waals surface area contributed by atoms with Crippen LogP contribution in [0.1, 0.15) is 6.92 Å². The molecule has 0 saturated carbocycles. The van der Waals surface area contributed by atoms with Gasteiger partial charge in [0.05, 0.1) is 18.2 Å². The van der Waals surface area contributed by atoms with E-state index in [4.69, 9.17) is 15.2 Å². The molecule has 12 heavy (non-hydrogen) atoms. The molecule has 5 heteroatoms. The predicted molar refractivity (Wildman–Crippen MR) is 41.3 cm³/mol. The lowest BCUT2D eigenvalue weighted by Crippen LogP contribution is -2.60. The summed E-state index contributed by atoms with van der Waals surface area (Å²) in [5.41, 5.74) is 5.52. The van der Waals surface area contributed by atoms with Crippen LogP contribution in [0.25, 0.3) is 0 Å². The van der Waals surface area contributed by atoms with E-state index < -0.39 is 30.6 Å². The molecule has 0 aliphatic carbocycles. The summed E-state index contributed by atoms with van der Waals surface area (Å²) in [6.45, 7) is 1.68. The Hall–Kier alpha value is -0.200. The molecule has 0 aromatic heterocycles. The van der Waals surface area contributed by atoms with Crippen LogP contribution in [0.15, 0.2) is 0 Å². The van der Waals surface area contributed by atoms with Gasteiger partial charge in [0.2, 0.25) is 0 Å². The minimum atomic E-state index is -0.971. The molecule has 0 bridgehead atoms. The first kappa shape index (κ1) is 9.88. The molecule has 4 N–H and O–H groups in total. The van der Waals surface area contributed by atoms with Gasteiger partial charge in [-0.15, -0.1) is 0 Å². The molecule has 5 nitrogen and oxygen atoms in total. The van der Waals surface area contributed by atoms with Crippen LogP contribution in [0, 0.1) is 0 Å². The van der Waals surface area contributed by atoms with E-state index in [0.29, 0.717) is 0 Å². The lowest BCUT2D eigenvalue weighted by atomic mass is 9.98. The van der Waals surface area contributed by atoms with Crippen molar-refractivity contribution in [2.24, 2.45) is 5.73 Å². The molecule has 1 aliphatic heterocycles. The molecular weight excluding hydrogens is 162 g/mol. The van der Waals surface area contributed by atoms with Crippen molar-refractivity contribution in [1.82, 2.24) is 0 Å². The quantitative estimate of drug-likeness (QED) is 0.450. The van der Waals surface area contributed by atoms with Crippen LogP contribution in [0.5, 0.6) is 0 Å². The fourth-order valence-electron chi connectivity index (χ4n) is 1.26. The maximum atomic E-state index is 9.39. The average Bonchev–Trinajstić information content (AvgIpc) is 2.08. The Morgan fingerprint density at radius 1 is 1.33 bits per heavy atom. The summed E-state index contributed by atoms with van der Waals surface area (Å²) in [6, 6.07) is -0.710. The van der Waals surface area contributed by atoms with E-state index >= 15 is 0 Å². The van der Waals surface area contributed by atoms with Crippen LogP contribution < -0.4 is 5.73 Å². The zero-order valence-electron chi connectivity index (χ0n) is 7.18. The molecule has 1 heterocycles. The molecule has 1 aliphatic rings. The Morgan fingerprint density at radius 2 is 1.92 bits per heavy atom. The summed E-state index contributed by atoms with van der Waals surface area (Å²) in [4.78, 5) is 0. The minimum Gasteiger partial charge on any atom is -0.389 e. The van der Waals surface area contributed by atoms with Gasteiger partial charge in [-0.25, -0.2) is 0 Å². The molecule has 0 aromatic rings. The molecule has 72 valence electrons. The van der Waals surface area contributed by atoms with E-state index in [1.807, 2.05) is 0 Å². The van der Waals surface area contributed by atoms with Gasteiger partial charge in [0, 0.05) is 7.11 Å². The molecule has 0 aromatic carbocycles. The Balaban J connectivity index is 2.63. The van der Waals surface area contributed by atoms with Gasteiger partial charge in [-0.2, -0.15) is 0 Å². The minimum absolute atomic E-state index is 0.409. The monoisotopic (exact) mass is 177 g/mol. The smallest absolute Gasteiger partial charge is 0.185 e. The number of rotatable bonds is 1. The third kappa shape index (κ3) is 1.60. The van der Waals surface area contributed by atoms with Crippen molar-refractivity contribution in [3.63, 3.8) is 0 Å². The van der Waals surface area contributed by atoms with Gasteiger partial charge in [-0.3, -0.25) is 0 Å². The van der Waals surface area contributed by atoms with Gasteiger partial charge in [-0.05, 0) is 6.92 Å². The Bertz CT molecular complexity index is 150. The number of aliphatic hydroxyl groups excluding tert-OH is 2. The molecule has 0 unspecified atom stereocenters. The van der Waals surface area contributed by atoms with Crippen molar-refractivity contribution in [2.75, 3.05) is 7.11 Å². The second-order valence-corrected chi connectivity index (χ2v) is 3.00. The van der Waals surface area contributed by atoms with Crippen LogP contribution in [-0.2, 0) is 9.47 Å². The van der Waals surface area contributed by atoms with E-state index in [9.17, 15) is 10.2 Å². The van der Waals surface area contributed by atoms with E-state index in [-0.39, 0.29) is 0 Å². The van der Waals surface area contributed by atoms with Gasteiger partial charge >= 0.3 is 0 Å². The summed E-state index contributed by atoms with van der Waals surface area (Å²) >= 11 is 0. The number of hydrogen-bond acceptors (Lipinski definition) is 5. The second kappa shape index (κ2) is 3.68. The van der Waals surface area contributed by atoms with E-state index in [0.717, 1.165) is 0 Å². The molecule has 0 radical (unpaired) electrons. The average molecular weight is 177 g/mol. The number of aliphatic hydroxyl groups is 2. The van der Waals surface area contributed by atoms with Gasteiger partial charge in [-0.1, -0.05) is 0 Å². The van der Waals surface area contributed by atoms with Crippen molar-refractivity contribution in [2.45, 2.75) is 37.6 Å². The third-order valence-electron chi connectivity index (χ3n) is 2.13. The lowest BCUT2D eigenvalue weighted by molar-refractivity contribution is -0.258. The first-order valence-corrected chi connectivity index (χ1v) is 3.88. The first-order valence-electron chi connectivity index (χ1n) is 3.88. The Kier molecular flexibility index (Phi) is 3.03. The van der Waals surface area contributed by atoms with E-state index in [2.05, 4.69) is 0 Å². The summed E-state index contributed by atoms with van der Waals surface area (Å²) in [7, 11) is 1.42. The highest BCUT2D eigenvalue weighted by Gasteiger charge is 2.40. The summed E-state index contributed by atoms with van der Waals surface area (Å²) < 4.78 is 9.96. The number of nitrogens with two attached hydrogens (primary N) is 1. The summed E-state index contributed by atoms with van der Waals surface area (Å²) in [5, 5.41) is 18.8. The van der Waals surface area contributed by atoms with Crippen molar-refractivity contribution in [1.29, 1.82) is 0 Å². The fourth-order valence-corrected chi connectivity index (χ4v) is 1.26. The molecular formula is C7H15NO4. The van der Waals surface area contributed by atoms with E-state index in [1.54, 1.807) is 6.92 Å². The normalized spacial score (nSPS) is 49.2. The molecule has 0 spiro atoms. The van der Waals surface area contributed by atoms with Crippen LogP contribution >= 0.6 is 0 Å². The highest BCUT2D eigenvalue weighted by molar-refractivity contribution is 4.89. The Labute approximate surface area is 71.1 Å². The van der Waals surface area contributed by atoms with Crippen molar-refractivity contribution in [3.05, 3.63) is 0 Å². The molecule has 1 fully saturated rings. The first-order chi connectivity index (χ1) is 5.57. The topological polar surface area (TPSA) is 84.9 Å². The van der Waals surface area contributed by atoms with Crippen molar-refractivity contribution < 1.29 is 19.7 Å². The van der Waals surface area contributed by atoms with Gasteiger partial charge < -0.3 is 25.4 Å². The molecule has 1 saturated heterocycles. The third-order valence-corrected chi connectivity index (χ3v) is 2.13. The molecule has 1 rings (SSSR count). The zero-order chi connectivity index (χ0) is 9.30. The number of methoxy groups -OCH3 is 1. The van der Waals surface area contributed by atoms with Crippen LogP contribution in [0.3, 0.4) is 0 Å². The van der Waals surface area contributed by atoms with Crippen molar-refractivity contribution in [3.8, 4) is 0 Å². The zero-order valence-corrected chi connectivity index (χ0v) is 7.18. The molecule has 0 amide bonds. The SMILES string of the molecule is CO[C@H]1O[C@H](C)[C@H](O)[C@@H](N)[C@H]1O. The van der Waals surface area contributed by atoms with Crippen molar-refractivity contribution >= 4 is 0 Å². The number of ether oxygens (including phenoxy) is 2. The number of hydrogen-bond donors (Lipinski definition) is 3. The summed E-state index contributed by atoms with van der Waals surface area (Å²) in [5.74, 6) is 0. The largest absolute Gasteiger partial charge is 0.389 e. The lowest BCUT2D eigenvalue weighted by Gasteiger charge is -2.39. The Morgan fingerprint density at radius 3 is 2.42 bits per heavy atom. The van der Waals surface area contributed by atoms with Gasteiger partial charge in [0.1, 0.15) is 6.10 Å². The van der Waals surface area contributed by atoms with Gasteiger partial charge in [0.15, 0.2) is 6.29 Å². The van der Waals surface area contributed by atoms with Crippen LogP contribution in [-0.4, -0.2) is 48.0 Å². The second-order valence-electron chi connectivity index (χ2n) is 3.00. The predicted octanol–water partition coefficient (Wildman–Crippen LogP) is -1.57. The van der Waals surface area contributed by atoms with Gasteiger partial charge in [0.25, 0.3) is 0 Å². The maximum absolute atomic E-state index is 9.39. The summed E-state index contributed by atoms with van der Waals surface area (Å²) in [6.07, 6.45) is -2.96. The standard InChI is InChI=1S/C7H15NO4/c1-3-5(9)4(8)6(10)7(11-2)12-3/h3-7,9-10H,8H2,1-2H3/t3-,4-,5+,6-,7+/m1/s1. The highest BCUT2D eigenvalue weighted by Crippen LogP contribution is 2.19. The van der Waals surface area contributed by atoms with Crippen LogP contribution in [0.4, 0.5) is 0 Å². The maximum Gasteiger partial charge on any atom is 0.185 e. The van der Waals surface area contributed by atoms with Crippen LogP contribution in [0.2, 0.25) is 0 Å². The molecule has 5 atom stereocenters. The highest BCUT2D eigenvalue weighted by atomic mass is 16.7. The fraction of sp³-hybridized carbons (Fsp3) is 1.00. The van der Waals surface area contributed by atoms with E-state index in [1.165, 1.54) is 7.11 Å².